The predicted octanol–water partition coefficient (Wildman–Crippen LogP) is 3.60. The van der Waals surface area contributed by atoms with Crippen LogP contribution in [0.4, 0.5) is 18.9 Å². The van der Waals surface area contributed by atoms with Crippen LogP contribution in [0.15, 0.2) is 52.9 Å². The van der Waals surface area contributed by atoms with Crippen LogP contribution in [0.5, 0.6) is 5.75 Å². The van der Waals surface area contributed by atoms with E-state index in [9.17, 15) is 26.4 Å². The predicted molar refractivity (Wildman–Crippen MR) is 101 cm³/mol. The Morgan fingerprint density at radius 1 is 1.14 bits per heavy atom. The summed E-state index contributed by atoms with van der Waals surface area (Å²) in [5, 5.41) is 3.06. The van der Waals surface area contributed by atoms with E-state index in [1.807, 2.05) is 0 Å². The van der Waals surface area contributed by atoms with Crippen LogP contribution in [0.25, 0.3) is 6.08 Å². The number of rotatable bonds is 5. The topological polar surface area (TPSA) is 84.5 Å². The van der Waals surface area contributed by atoms with Crippen LogP contribution in [-0.2, 0) is 14.8 Å². The number of carbonyl (C=O) groups is 1. The quantitative estimate of drug-likeness (QED) is 0.735. The zero-order valence-corrected chi connectivity index (χ0v) is 16.2. The van der Waals surface area contributed by atoms with Crippen LogP contribution in [0.2, 0.25) is 5.02 Å². The highest BCUT2D eigenvalue weighted by atomic mass is 35.5. The van der Waals surface area contributed by atoms with Crippen LogP contribution < -0.4 is 14.8 Å². The van der Waals surface area contributed by atoms with Gasteiger partial charge in [-0.05, 0) is 48.5 Å². The molecule has 1 heterocycles. The third-order valence-corrected chi connectivity index (χ3v) is 5.51. The maximum absolute atomic E-state index is 12.4. The molecule has 29 heavy (non-hydrogen) atoms. The van der Waals surface area contributed by atoms with Gasteiger partial charge in [0, 0.05) is 16.3 Å². The lowest BCUT2D eigenvalue weighted by Crippen LogP contribution is -2.33. The number of anilines is 1. The fourth-order valence-electron chi connectivity index (χ4n) is 2.47. The Kier molecular flexibility index (Phi) is 5.87. The summed E-state index contributed by atoms with van der Waals surface area (Å²) in [6, 6.07) is 9.73. The minimum Gasteiger partial charge on any atom is -0.488 e. The number of hydrogen-bond acceptors (Lipinski definition) is 4. The Morgan fingerprint density at radius 3 is 2.48 bits per heavy atom. The molecule has 0 aliphatic carbocycles. The molecule has 0 fully saturated rings. The molecule has 2 aromatic rings. The van der Waals surface area contributed by atoms with Crippen molar-refractivity contribution < 1.29 is 31.1 Å². The second-order valence-corrected chi connectivity index (χ2v) is 8.26. The van der Waals surface area contributed by atoms with Gasteiger partial charge in [-0.25, -0.2) is 13.1 Å². The van der Waals surface area contributed by atoms with Crippen LogP contribution in [0, 0.1) is 0 Å². The SMILES string of the molecule is O=C(Nc1ccc(S(=O)(=O)NCC(F)(F)F)cc1)C1=Cc2cc(Cl)ccc2OC1. The Balaban J connectivity index is 1.69. The molecule has 0 aromatic heterocycles. The van der Waals surface area contributed by atoms with Crippen molar-refractivity contribution >= 4 is 39.3 Å². The van der Waals surface area contributed by atoms with Crippen molar-refractivity contribution in [2.75, 3.05) is 18.5 Å². The van der Waals surface area contributed by atoms with Crippen molar-refractivity contribution in [2.45, 2.75) is 11.1 Å². The Morgan fingerprint density at radius 2 is 1.83 bits per heavy atom. The van der Waals surface area contributed by atoms with Crippen molar-refractivity contribution in [1.29, 1.82) is 0 Å². The van der Waals surface area contributed by atoms with Crippen LogP contribution in [0.3, 0.4) is 0 Å². The fraction of sp³-hybridized carbons (Fsp3) is 0.167. The van der Waals surface area contributed by atoms with Gasteiger partial charge in [-0.1, -0.05) is 11.6 Å². The second kappa shape index (κ2) is 8.05. The molecule has 2 aromatic carbocycles. The van der Waals surface area contributed by atoms with E-state index in [4.69, 9.17) is 16.3 Å². The lowest BCUT2D eigenvalue weighted by atomic mass is 10.1. The number of sulfonamides is 1. The van der Waals surface area contributed by atoms with E-state index in [1.165, 1.54) is 16.9 Å². The molecule has 0 bridgehead atoms. The van der Waals surface area contributed by atoms with Gasteiger partial charge < -0.3 is 10.1 Å². The summed E-state index contributed by atoms with van der Waals surface area (Å²) in [6.45, 7) is -1.64. The average Bonchev–Trinajstić information content (AvgIpc) is 2.66. The molecule has 154 valence electrons. The Hall–Kier alpha value is -2.56. The van der Waals surface area contributed by atoms with Crippen LogP contribution in [-0.4, -0.2) is 33.7 Å². The highest BCUT2D eigenvalue weighted by molar-refractivity contribution is 7.89. The van der Waals surface area contributed by atoms with Gasteiger partial charge in [0.05, 0.1) is 10.5 Å². The molecule has 0 unspecified atom stereocenters. The first kappa shape index (κ1) is 21.2. The molecule has 11 heteroatoms. The molecule has 1 aliphatic rings. The Labute approximate surface area is 169 Å². The minimum absolute atomic E-state index is 0.0360. The number of carbonyl (C=O) groups excluding carboxylic acids is 1. The molecule has 3 rings (SSSR count). The zero-order chi connectivity index (χ0) is 21.2. The summed E-state index contributed by atoms with van der Waals surface area (Å²) >= 11 is 5.93. The van der Waals surface area contributed by atoms with E-state index in [0.717, 1.165) is 12.1 Å². The summed E-state index contributed by atoms with van der Waals surface area (Å²) in [4.78, 5) is 12.1. The van der Waals surface area contributed by atoms with E-state index in [2.05, 4.69) is 5.32 Å². The zero-order valence-electron chi connectivity index (χ0n) is 14.6. The molecule has 1 aliphatic heterocycles. The lowest BCUT2D eigenvalue weighted by molar-refractivity contribution is -0.121. The molecular weight excluding hydrogens is 433 g/mol. The third-order valence-electron chi connectivity index (χ3n) is 3.86. The largest absolute Gasteiger partial charge is 0.488 e. The molecule has 1 amide bonds. The van der Waals surface area contributed by atoms with E-state index < -0.39 is 28.7 Å². The maximum Gasteiger partial charge on any atom is 0.402 e. The first-order valence-electron chi connectivity index (χ1n) is 8.14. The van der Waals surface area contributed by atoms with Gasteiger partial charge in [-0.15, -0.1) is 0 Å². The minimum atomic E-state index is -4.67. The number of hydrogen-bond donors (Lipinski definition) is 2. The van der Waals surface area contributed by atoms with E-state index in [1.54, 1.807) is 24.3 Å². The second-order valence-electron chi connectivity index (χ2n) is 6.06. The first-order chi connectivity index (χ1) is 13.5. The summed E-state index contributed by atoms with van der Waals surface area (Å²) in [6.07, 6.45) is -3.04. The van der Waals surface area contributed by atoms with Gasteiger partial charge in [0.1, 0.15) is 18.9 Å². The standard InChI is InChI=1S/C18H14ClF3N2O4S/c19-13-1-6-16-11(8-13)7-12(9-28-16)17(25)24-14-2-4-15(5-3-14)29(26,27)23-10-18(20,21)22/h1-8,23H,9-10H2,(H,24,25). The molecule has 0 saturated carbocycles. The molecule has 0 atom stereocenters. The molecule has 0 saturated heterocycles. The van der Waals surface area contributed by atoms with Crippen molar-refractivity contribution in [3.05, 3.63) is 58.6 Å². The smallest absolute Gasteiger partial charge is 0.402 e. The molecule has 0 spiro atoms. The van der Waals surface area contributed by atoms with E-state index in [0.29, 0.717) is 21.9 Å². The molecule has 6 nitrogen and oxygen atoms in total. The van der Waals surface area contributed by atoms with Gasteiger partial charge in [0.2, 0.25) is 10.0 Å². The lowest BCUT2D eigenvalue weighted by Gasteiger charge is -2.18. The van der Waals surface area contributed by atoms with Gasteiger partial charge >= 0.3 is 6.18 Å². The van der Waals surface area contributed by atoms with Gasteiger partial charge in [-0.2, -0.15) is 13.2 Å². The van der Waals surface area contributed by atoms with Gasteiger partial charge in [-0.3, -0.25) is 4.79 Å². The van der Waals surface area contributed by atoms with Crippen LogP contribution >= 0.6 is 11.6 Å². The normalized spacial score (nSPS) is 13.9. The molecular formula is C18H14ClF3N2O4S. The Bertz CT molecular complexity index is 1070. The number of halogens is 4. The summed E-state index contributed by atoms with van der Waals surface area (Å²) in [5.41, 5.74) is 1.23. The highest BCUT2D eigenvalue weighted by Gasteiger charge is 2.30. The summed E-state index contributed by atoms with van der Waals surface area (Å²) in [7, 11) is -4.32. The maximum atomic E-state index is 12.4. The monoisotopic (exact) mass is 446 g/mol. The highest BCUT2D eigenvalue weighted by Crippen LogP contribution is 2.29. The summed E-state index contributed by atoms with van der Waals surface area (Å²) in [5.74, 6) is 0.119. The molecule has 2 N–H and O–H groups in total. The first-order valence-corrected chi connectivity index (χ1v) is 10.0. The van der Waals surface area contributed by atoms with Gasteiger partial charge in [0.15, 0.2) is 0 Å². The average molecular weight is 447 g/mol. The number of alkyl halides is 3. The number of fused-ring (bicyclic) bond motifs is 1. The van der Waals surface area contributed by atoms with Crippen molar-refractivity contribution in [3.63, 3.8) is 0 Å². The van der Waals surface area contributed by atoms with Crippen LogP contribution in [0.1, 0.15) is 5.56 Å². The number of benzene rings is 2. The number of ether oxygens (including phenoxy) is 1. The summed E-state index contributed by atoms with van der Waals surface area (Å²) < 4.78 is 67.3. The van der Waals surface area contributed by atoms with Crippen molar-refractivity contribution in [3.8, 4) is 5.75 Å². The fourth-order valence-corrected chi connectivity index (χ4v) is 3.66. The van der Waals surface area contributed by atoms with Crippen molar-refractivity contribution in [1.82, 2.24) is 4.72 Å². The number of amides is 1. The van der Waals surface area contributed by atoms with Gasteiger partial charge in [0.25, 0.3) is 5.91 Å². The molecule has 0 radical (unpaired) electrons. The number of nitrogens with one attached hydrogen (secondary N) is 2. The van der Waals surface area contributed by atoms with E-state index in [-0.39, 0.29) is 17.2 Å². The van der Waals surface area contributed by atoms with Crippen molar-refractivity contribution in [2.24, 2.45) is 0 Å². The third kappa shape index (κ3) is 5.49. The van der Waals surface area contributed by atoms with E-state index >= 15 is 0 Å².